The molecule has 4 nitrogen and oxygen atoms in total. The smallest absolute Gasteiger partial charge is 0.226 e. The summed E-state index contributed by atoms with van der Waals surface area (Å²) in [5, 5.41) is 4.11. The second-order valence-corrected chi connectivity index (χ2v) is 5.61. The van der Waals surface area contributed by atoms with E-state index in [0.717, 1.165) is 42.5 Å². The Morgan fingerprint density at radius 1 is 1.38 bits per heavy atom. The summed E-state index contributed by atoms with van der Waals surface area (Å²) in [5.41, 5.74) is 1.93. The van der Waals surface area contributed by atoms with Gasteiger partial charge in [0, 0.05) is 42.8 Å². The van der Waals surface area contributed by atoms with Gasteiger partial charge in [-0.1, -0.05) is 11.6 Å². The number of nitrogens with zero attached hydrogens (tertiary/aromatic N) is 2. The summed E-state index contributed by atoms with van der Waals surface area (Å²) in [7, 11) is 0. The van der Waals surface area contributed by atoms with E-state index in [1.807, 2.05) is 24.3 Å². The van der Waals surface area contributed by atoms with E-state index >= 15 is 0 Å². The molecule has 0 aliphatic carbocycles. The number of rotatable bonds is 3. The molecule has 0 spiro atoms. The molecule has 0 amide bonds. The van der Waals surface area contributed by atoms with E-state index in [4.69, 9.17) is 16.0 Å². The van der Waals surface area contributed by atoms with Gasteiger partial charge in [-0.05, 0) is 31.2 Å². The van der Waals surface area contributed by atoms with Crippen LogP contribution in [0.1, 0.15) is 12.6 Å². The second-order valence-electron chi connectivity index (χ2n) is 5.17. The van der Waals surface area contributed by atoms with E-state index in [1.54, 1.807) is 6.26 Å². The summed E-state index contributed by atoms with van der Waals surface area (Å²) in [6.45, 7) is 6.17. The van der Waals surface area contributed by atoms with E-state index in [2.05, 4.69) is 22.1 Å². The Bertz CT molecular complexity index is 571. The number of piperazine rings is 1. The fourth-order valence-corrected chi connectivity index (χ4v) is 2.56. The standard InChI is InChI=1S/C15H18ClN3O.ClH/c1-11-8-17-6-7-19(11)9-14-10-20-15(18-14)12-2-4-13(16)5-3-12;/h2-5,10-11,17H,6-9H2,1H3;1H/t11-;/m1./s1. The van der Waals surface area contributed by atoms with Crippen LogP contribution in [0, 0.1) is 0 Å². The Kier molecular flexibility index (Phi) is 5.65. The number of hydrogen-bond acceptors (Lipinski definition) is 4. The number of hydrogen-bond donors (Lipinski definition) is 1. The zero-order chi connectivity index (χ0) is 13.9. The molecule has 0 saturated carbocycles. The van der Waals surface area contributed by atoms with Gasteiger partial charge in [0.1, 0.15) is 6.26 Å². The molecule has 1 N–H and O–H groups in total. The van der Waals surface area contributed by atoms with Gasteiger partial charge in [-0.3, -0.25) is 4.90 Å². The molecule has 0 unspecified atom stereocenters. The van der Waals surface area contributed by atoms with Gasteiger partial charge in [-0.25, -0.2) is 4.98 Å². The van der Waals surface area contributed by atoms with Gasteiger partial charge in [-0.2, -0.15) is 0 Å². The molecule has 21 heavy (non-hydrogen) atoms. The van der Waals surface area contributed by atoms with Crippen molar-refractivity contribution >= 4 is 24.0 Å². The Hall–Kier alpha value is -1.07. The topological polar surface area (TPSA) is 41.3 Å². The van der Waals surface area contributed by atoms with Gasteiger partial charge in [0.25, 0.3) is 0 Å². The molecule has 2 aromatic rings. The molecule has 1 atom stereocenters. The molecule has 114 valence electrons. The van der Waals surface area contributed by atoms with Crippen molar-refractivity contribution in [1.82, 2.24) is 15.2 Å². The Labute approximate surface area is 135 Å². The molecule has 0 radical (unpaired) electrons. The summed E-state index contributed by atoms with van der Waals surface area (Å²) in [6.07, 6.45) is 1.75. The van der Waals surface area contributed by atoms with E-state index in [9.17, 15) is 0 Å². The first-order valence-electron chi connectivity index (χ1n) is 6.87. The summed E-state index contributed by atoms with van der Waals surface area (Å²) in [5.74, 6) is 0.652. The largest absolute Gasteiger partial charge is 0.444 e. The van der Waals surface area contributed by atoms with Crippen LogP contribution in [0.5, 0.6) is 0 Å². The highest BCUT2D eigenvalue weighted by Crippen LogP contribution is 2.21. The lowest BCUT2D eigenvalue weighted by Crippen LogP contribution is -2.49. The number of benzene rings is 1. The second kappa shape index (κ2) is 7.27. The normalized spacial score (nSPS) is 19.2. The molecule has 1 aliphatic heterocycles. The first-order chi connectivity index (χ1) is 9.72. The molecule has 1 aliphatic rings. The average molecular weight is 328 g/mol. The Balaban J connectivity index is 0.00000161. The van der Waals surface area contributed by atoms with Gasteiger partial charge in [0.2, 0.25) is 5.89 Å². The third-order valence-corrected chi connectivity index (χ3v) is 3.90. The van der Waals surface area contributed by atoms with Crippen molar-refractivity contribution in [3.05, 3.63) is 41.2 Å². The van der Waals surface area contributed by atoms with Gasteiger partial charge >= 0.3 is 0 Å². The van der Waals surface area contributed by atoms with Crippen LogP contribution in [-0.4, -0.2) is 35.6 Å². The van der Waals surface area contributed by atoms with Crippen molar-refractivity contribution in [1.29, 1.82) is 0 Å². The highest BCUT2D eigenvalue weighted by Gasteiger charge is 2.19. The molecular weight excluding hydrogens is 309 g/mol. The zero-order valence-corrected chi connectivity index (χ0v) is 13.5. The predicted octanol–water partition coefficient (Wildman–Crippen LogP) is 3.21. The predicted molar refractivity (Wildman–Crippen MR) is 86.9 cm³/mol. The maximum absolute atomic E-state index is 5.89. The first-order valence-corrected chi connectivity index (χ1v) is 7.25. The number of nitrogens with one attached hydrogen (secondary N) is 1. The number of aromatic nitrogens is 1. The monoisotopic (exact) mass is 327 g/mol. The molecular formula is C15H19Cl2N3O. The first kappa shape index (κ1) is 16.3. The minimum atomic E-state index is 0. The van der Waals surface area contributed by atoms with Gasteiger partial charge in [-0.15, -0.1) is 12.4 Å². The summed E-state index contributed by atoms with van der Waals surface area (Å²) in [4.78, 5) is 6.98. The van der Waals surface area contributed by atoms with Crippen molar-refractivity contribution in [2.24, 2.45) is 0 Å². The van der Waals surface area contributed by atoms with Crippen LogP contribution in [0.25, 0.3) is 11.5 Å². The van der Waals surface area contributed by atoms with Crippen molar-refractivity contribution in [2.45, 2.75) is 19.5 Å². The lowest BCUT2D eigenvalue weighted by atomic mass is 10.2. The highest BCUT2D eigenvalue weighted by molar-refractivity contribution is 6.30. The van der Waals surface area contributed by atoms with E-state index < -0.39 is 0 Å². The van der Waals surface area contributed by atoms with Crippen LogP contribution in [0.3, 0.4) is 0 Å². The molecule has 3 rings (SSSR count). The molecule has 1 aromatic heterocycles. The Morgan fingerprint density at radius 2 is 2.14 bits per heavy atom. The van der Waals surface area contributed by atoms with E-state index in [-0.39, 0.29) is 12.4 Å². The zero-order valence-electron chi connectivity index (χ0n) is 11.9. The SMILES string of the molecule is C[C@@H]1CNCCN1Cc1coc(-c2ccc(Cl)cc2)n1.Cl. The lowest BCUT2D eigenvalue weighted by Gasteiger charge is -2.33. The minimum Gasteiger partial charge on any atom is -0.444 e. The van der Waals surface area contributed by atoms with Crippen molar-refractivity contribution in [2.75, 3.05) is 19.6 Å². The maximum atomic E-state index is 5.89. The highest BCUT2D eigenvalue weighted by atomic mass is 35.5. The summed E-state index contributed by atoms with van der Waals surface area (Å²) in [6, 6.07) is 8.06. The van der Waals surface area contributed by atoms with Crippen LogP contribution >= 0.6 is 24.0 Å². The maximum Gasteiger partial charge on any atom is 0.226 e. The third-order valence-electron chi connectivity index (χ3n) is 3.65. The van der Waals surface area contributed by atoms with Gasteiger partial charge in [0.05, 0.1) is 5.69 Å². The molecule has 0 bridgehead atoms. The fraction of sp³-hybridized carbons (Fsp3) is 0.400. The third kappa shape index (κ3) is 3.98. The van der Waals surface area contributed by atoms with Crippen molar-refractivity contribution in [3.8, 4) is 11.5 Å². The van der Waals surface area contributed by atoms with Crippen LogP contribution < -0.4 is 5.32 Å². The molecule has 1 saturated heterocycles. The Morgan fingerprint density at radius 3 is 2.86 bits per heavy atom. The minimum absolute atomic E-state index is 0. The number of halogens is 2. The van der Waals surface area contributed by atoms with Crippen molar-refractivity contribution < 1.29 is 4.42 Å². The van der Waals surface area contributed by atoms with Crippen molar-refractivity contribution in [3.63, 3.8) is 0 Å². The molecule has 6 heteroatoms. The molecule has 1 aromatic carbocycles. The van der Waals surface area contributed by atoms with Gasteiger partial charge in [0.15, 0.2) is 0 Å². The fourth-order valence-electron chi connectivity index (χ4n) is 2.43. The molecule has 2 heterocycles. The van der Waals surface area contributed by atoms with Gasteiger partial charge < -0.3 is 9.73 Å². The summed E-state index contributed by atoms with van der Waals surface area (Å²) >= 11 is 5.89. The van der Waals surface area contributed by atoms with Crippen LogP contribution in [0.2, 0.25) is 5.02 Å². The van der Waals surface area contributed by atoms with Crippen LogP contribution in [0.15, 0.2) is 34.9 Å². The van der Waals surface area contributed by atoms with Crippen LogP contribution in [-0.2, 0) is 6.54 Å². The molecule has 1 fully saturated rings. The lowest BCUT2D eigenvalue weighted by molar-refractivity contribution is 0.163. The quantitative estimate of drug-likeness (QED) is 0.939. The van der Waals surface area contributed by atoms with E-state index in [1.165, 1.54) is 0 Å². The average Bonchev–Trinajstić information content (AvgIpc) is 2.91. The van der Waals surface area contributed by atoms with Crippen LogP contribution in [0.4, 0.5) is 0 Å². The number of oxazole rings is 1. The van der Waals surface area contributed by atoms with E-state index in [0.29, 0.717) is 11.9 Å². The summed E-state index contributed by atoms with van der Waals surface area (Å²) < 4.78 is 5.57.